The molecule has 3 rings (SSSR count). The van der Waals surface area contributed by atoms with Crippen molar-refractivity contribution in [3.63, 3.8) is 0 Å². The number of nitrogens with one attached hydrogen (secondary N) is 1. The van der Waals surface area contributed by atoms with Crippen molar-refractivity contribution in [1.29, 1.82) is 0 Å². The first-order valence-electron chi connectivity index (χ1n) is 10.1. The number of benzene rings is 2. The summed E-state index contributed by atoms with van der Waals surface area (Å²) < 4.78 is 1.45. The van der Waals surface area contributed by atoms with Crippen molar-refractivity contribution in [2.24, 2.45) is 0 Å². The Labute approximate surface area is 182 Å². The van der Waals surface area contributed by atoms with E-state index in [2.05, 4.69) is 60.6 Å². The van der Waals surface area contributed by atoms with Gasteiger partial charge in [-0.15, -0.1) is 10.2 Å². The van der Waals surface area contributed by atoms with Crippen molar-refractivity contribution in [2.45, 2.75) is 49.9 Å². The molecule has 0 bridgehead atoms. The second-order valence-electron chi connectivity index (χ2n) is 8.29. The number of thioether (sulfide) groups is 1. The van der Waals surface area contributed by atoms with Gasteiger partial charge < -0.3 is 11.2 Å². The van der Waals surface area contributed by atoms with E-state index in [1.54, 1.807) is 0 Å². The molecule has 1 aromatic heterocycles. The number of amides is 1. The lowest BCUT2D eigenvalue weighted by atomic mass is 9.87. The molecule has 30 heavy (non-hydrogen) atoms. The molecule has 3 aromatic rings. The lowest BCUT2D eigenvalue weighted by Gasteiger charge is -2.19. The summed E-state index contributed by atoms with van der Waals surface area (Å²) in [6, 6.07) is 18.3. The SMILES string of the molecule is C[C@@H](Sc1nnc(-c2ccc(C(C)(C)C)cc2)n1N)C(=O)NCCc1ccccc1. The highest BCUT2D eigenvalue weighted by Crippen LogP contribution is 2.27. The molecule has 0 saturated carbocycles. The normalized spacial score (nSPS) is 12.5. The van der Waals surface area contributed by atoms with Gasteiger partial charge in [-0.1, -0.05) is 87.1 Å². The van der Waals surface area contributed by atoms with Gasteiger partial charge in [0.25, 0.3) is 0 Å². The Morgan fingerprint density at radius 1 is 1.10 bits per heavy atom. The zero-order chi connectivity index (χ0) is 21.7. The number of aromatic nitrogens is 3. The third-order valence-corrected chi connectivity index (χ3v) is 5.94. The van der Waals surface area contributed by atoms with E-state index in [0.717, 1.165) is 12.0 Å². The third kappa shape index (κ3) is 5.42. The molecule has 0 spiro atoms. The van der Waals surface area contributed by atoms with Crippen molar-refractivity contribution in [3.05, 3.63) is 65.7 Å². The highest BCUT2D eigenvalue weighted by Gasteiger charge is 2.20. The maximum atomic E-state index is 12.4. The Balaban J connectivity index is 1.59. The predicted molar refractivity (Wildman–Crippen MR) is 123 cm³/mol. The van der Waals surface area contributed by atoms with Crippen LogP contribution in [-0.4, -0.2) is 32.6 Å². The molecule has 1 heterocycles. The van der Waals surface area contributed by atoms with E-state index < -0.39 is 0 Å². The van der Waals surface area contributed by atoms with Gasteiger partial charge in [0.1, 0.15) is 0 Å². The molecule has 2 aromatic carbocycles. The Kier molecular flexibility index (Phi) is 6.82. The molecule has 0 saturated heterocycles. The van der Waals surface area contributed by atoms with E-state index in [1.807, 2.05) is 37.3 Å². The highest BCUT2D eigenvalue weighted by molar-refractivity contribution is 8.00. The van der Waals surface area contributed by atoms with E-state index in [-0.39, 0.29) is 16.6 Å². The molecule has 0 aliphatic heterocycles. The lowest BCUT2D eigenvalue weighted by molar-refractivity contribution is -0.120. The second kappa shape index (κ2) is 9.34. The average molecular weight is 424 g/mol. The molecule has 0 aliphatic rings. The monoisotopic (exact) mass is 423 g/mol. The largest absolute Gasteiger partial charge is 0.355 e. The first-order chi connectivity index (χ1) is 14.3. The molecule has 158 valence electrons. The van der Waals surface area contributed by atoms with Crippen LogP contribution in [0.25, 0.3) is 11.4 Å². The Bertz CT molecular complexity index is 977. The van der Waals surface area contributed by atoms with Crippen molar-refractivity contribution < 1.29 is 4.79 Å². The second-order valence-corrected chi connectivity index (χ2v) is 9.60. The van der Waals surface area contributed by atoms with Crippen LogP contribution in [0, 0.1) is 0 Å². The molecule has 0 unspecified atom stereocenters. The van der Waals surface area contributed by atoms with Gasteiger partial charge in [-0.25, -0.2) is 4.68 Å². The van der Waals surface area contributed by atoms with Gasteiger partial charge in [0.15, 0.2) is 5.82 Å². The van der Waals surface area contributed by atoms with Gasteiger partial charge in [0.05, 0.1) is 5.25 Å². The van der Waals surface area contributed by atoms with Crippen LogP contribution >= 0.6 is 11.8 Å². The van der Waals surface area contributed by atoms with Gasteiger partial charge in [-0.2, -0.15) is 0 Å². The van der Waals surface area contributed by atoms with Crippen LogP contribution in [0.15, 0.2) is 59.8 Å². The van der Waals surface area contributed by atoms with Crippen LogP contribution < -0.4 is 11.2 Å². The van der Waals surface area contributed by atoms with Gasteiger partial charge in [-0.05, 0) is 29.9 Å². The summed E-state index contributed by atoms with van der Waals surface area (Å²) >= 11 is 1.30. The zero-order valence-corrected chi connectivity index (χ0v) is 18.7. The summed E-state index contributed by atoms with van der Waals surface area (Å²) in [4.78, 5) is 12.4. The first kappa shape index (κ1) is 21.9. The number of hydrogen-bond acceptors (Lipinski definition) is 5. The topological polar surface area (TPSA) is 85.8 Å². The fraction of sp³-hybridized carbons (Fsp3) is 0.348. The predicted octanol–water partition coefficient (Wildman–Crippen LogP) is 3.80. The minimum Gasteiger partial charge on any atom is -0.355 e. The van der Waals surface area contributed by atoms with E-state index in [9.17, 15) is 4.79 Å². The van der Waals surface area contributed by atoms with E-state index in [1.165, 1.54) is 27.6 Å². The average Bonchev–Trinajstić information content (AvgIpc) is 3.08. The van der Waals surface area contributed by atoms with Crippen LogP contribution in [0.2, 0.25) is 0 Å². The van der Waals surface area contributed by atoms with Crippen molar-refractivity contribution >= 4 is 17.7 Å². The maximum Gasteiger partial charge on any atom is 0.233 e. The minimum atomic E-state index is -0.330. The van der Waals surface area contributed by atoms with Crippen molar-refractivity contribution in [2.75, 3.05) is 12.4 Å². The number of carbonyl (C=O) groups is 1. The molecule has 6 nitrogen and oxygen atoms in total. The van der Waals surface area contributed by atoms with Crippen LogP contribution in [0.1, 0.15) is 38.8 Å². The number of nitrogen functional groups attached to an aromatic ring is 1. The molecular formula is C23H29N5OS. The summed E-state index contributed by atoms with van der Waals surface area (Å²) in [6.07, 6.45) is 0.797. The summed E-state index contributed by atoms with van der Waals surface area (Å²) in [5.41, 5.74) is 3.41. The minimum absolute atomic E-state index is 0.0463. The molecular weight excluding hydrogens is 394 g/mol. The quantitative estimate of drug-likeness (QED) is 0.446. The Morgan fingerprint density at radius 3 is 2.40 bits per heavy atom. The molecule has 1 atom stereocenters. The van der Waals surface area contributed by atoms with Crippen molar-refractivity contribution in [3.8, 4) is 11.4 Å². The highest BCUT2D eigenvalue weighted by atomic mass is 32.2. The van der Waals surface area contributed by atoms with Gasteiger partial charge in [-0.3, -0.25) is 4.79 Å². The smallest absolute Gasteiger partial charge is 0.233 e. The zero-order valence-electron chi connectivity index (χ0n) is 17.9. The first-order valence-corrected chi connectivity index (χ1v) is 10.9. The van der Waals surface area contributed by atoms with Crippen LogP contribution in [0.5, 0.6) is 0 Å². The lowest BCUT2D eigenvalue weighted by Crippen LogP contribution is -2.32. The van der Waals surface area contributed by atoms with Gasteiger partial charge in [0.2, 0.25) is 11.1 Å². The summed E-state index contributed by atoms with van der Waals surface area (Å²) in [5, 5.41) is 11.6. The number of nitrogens with two attached hydrogens (primary N) is 1. The number of nitrogens with zero attached hydrogens (tertiary/aromatic N) is 3. The Morgan fingerprint density at radius 2 is 1.77 bits per heavy atom. The fourth-order valence-corrected chi connectivity index (χ4v) is 3.80. The number of hydrogen-bond donors (Lipinski definition) is 2. The summed E-state index contributed by atoms with van der Waals surface area (Å²) in [5.74, 6) is 6.75. The maximum absolute atomic E-state index is 12.4. The van der Waals surface area contributed by atoms with Gasteiger partial charge in [0, 0.05) is 12.1 Å². The molecule has 0 fully saturated rings. The van der Waals surface area contributed by atoms with Crippen molar-refractivity contribution in [1.82, 2.24) is 20.2 Å². The van der Waals surface area contributed by atoms with E-state index >= 15 is 0 Å². The van der Waals surface area contributed by atoms with Crippen LogP contribution in [0.3, 0.4) is 0 Å². The van der Waals surface area contributed by atoms with E-state index in [4.69, 9.17) is 5.84 Å². The molecule has 0 radical (unpaired) electrons. The molecule has 0 aliphatic carbocycles. The fourth-order valence-electron chi connectivity index (χ4n) is 3.00. The molecule has 3 N–H and O–H groups in total. The molecule has 7 heteroatoms. The Hall–Kier alpha value is -2.80. The van der Waals surface area contributed by atoms with Gasteiger partial charge >= 0.3 is 0 Å². The van der Waals surface area contributed by atoms with Crippen LogP contribution in [-0.2, 0) is 16.6 Å². The van der Waals surface area contributed by atoms with E-state index in [0.29, 0.717) is 17.5 Å². The number of carbonyl (C=O) groups excluding carboxylic acids is 1. The molecule has 1 amide bonds. The van der Waals surface area contributed by atoms with Crippen LogP contribution in [0.4, 0.5) is 0 Å². The summed E-state index contributed by atoms with van der Waals surface area (Å²) in [7, 11) is 0. The summed E-state index contributed by atoms with van der Waals surface area (Å²) in [6.45, 7) is 8.96. The number of rotatable bonds is 7. The standard InChI is InChI=1S/C23H29N5OS/c1-16(21(29)25-15-14-17-8-6-5-7-9-17)30-22-27-26-20(28(22)24)18-10-12-19(13-11-18)23(2,3)4/h5-13,16H,14-15,24H2,1-4H3,(H,25,29)/t16-/m1/s1. The third-order valence-electron chi connectivity index (χ3n) is 4.88.